The highest BCUT2D eigenvalue weighted by Gasteiger charge is 2.21. The lowest BCUT2D eigenvalue weighted by molar-refractivity contribution is -0.122. The Morgan fingerprint density at radius 2 is 1.62 bits per heavy atom. The maximum Gasteiger partial charge on any atom is 0.265 e. The van der Waals surface area contributed by atoms with Gasteiger partial charge in [0.1, 0.15) is 5.75 Å². The van der Waals surface area contributed by atoms with Crippen molar-refractivity contribution in [1.82, 2.24) is 5.32 Å². The van der Waals surface area contributed by atoms with Crippen LogP contribution in [0.15, 0.2) is 72.8 Å². The van der Waals surface area contributed by atoms with Gasteiger partial charge in [0.15, 0.2) is 6.10 Å². The van der Waals surface area contributed by atoms with E-state index in [4.69, 9.17) is 4.74 Å². The van der Waals surface area contributed by atoms with Gasteiger partial charge >= 0.3 is 0 Å². The van der Waals surface area contributed by atoms with Gasteiger partial charge < -0.3 is 15.4 Å². The largest absolute Gasteiger partial charge is 0.480 e. The van der Waals surface area contributed by atoms with Crippen LogP contribution in [0.3, 0.4) is 0 Å². The molecule has 3 aromatic rings. The molecule has 0 aromatic heterocycles. The Morgan fingerprint density at radius 1 is 0.906 bits per heavy atom. The van der Waals surface area contributed by atoms with Crippen molar-refractivity contribution in [1.29, 1.82) is 0 Å². The lowest BCUT2D eigenvalue weighted by Crippen LogP contribution is -2.34. The Labute approximate surface area is 189 Å². The third-order valence-corrected chi connectivity index (χ3v) is 5.46. The number of benzene rings is 3. The van der Waals surface area contributed by atoms with E-state index >= 15 is 0 Å². The fraction of sp³-hybridized carbons (Fsp3) is 0.259. The zero-order chi connectivity index (χ0) is 22.9. The zero-order valence-electron chi connectivity index (χ0n) is 18.9. The number of para-hydroxylation sites is 1. The minimum absolute atomic E-state index is 0.222. The van der Waals surface area contributed by atoms with Crippen molar-refractivity contribution < 1.29 is 14.3 Å². The molecule has 0 fully saturated rings. The van der Waals surface area contributed by atoms with E-state index in [1.54, 1.807) is 24.3 Å². The highest BCUT2D eigenvalue weighted by Crippen LogP contribution is 2.23. The van der Waals surface area contributed by atoms with Crippen LogP contribution in [-0.2, 0) is 11.2 Å². The summed E-state index contributed by atoms with van der Waals surface area (Å²) in [4.78, 5) is 25.7. The van der Waals surface area contributed by atoms with Gasteiger partial charge in [-0.3, -0.25) is 9.59 Å². The number of carbonyl (C=O) groups is 2. The van der Waals surface area contributed by atoms with Gasteiger partial charge in [-0.1, -0.05) is 61.5 Å². The quantitative estimate of drug-likeness (QED) is 0.498. The summed E-state index contributed by atoms with van der Waals surface area (Å²) in [6.45, 7) is 6.40. The van der Waals surface area contributed by atoms with Crippen molar-refractivity contribution in [2.24, 2.45) is 0 Å². The Kier molecular flexibility index (Phi) is 8.03. The van der Waals surface area contributed by atoms with Gasteiger partial charge in [-0.15, -0.1) is 0 Å². The molecule has 1 unspecified atom stereocenters. The van der Waals surface area contributed by atoms with Crippen LogP contribution in [0.25, 0.3) is 0 Å². The van der Waals surface area contributed by atoms with Gasteiger partial charge in [-0.25, -0.2) is 0 Å². The number of rotatable bonds is 9. The molecule has 3 rings (SSSR count). The van der Waals surface area contributed by atoms with E-state index < -0.39 is 6.10 Å². The van der Waals surface area contributed by atoms with E-state index in [9.17, 15) is 9.59 Å². The monoisotopic (exact) mass is 430 g/mol. The molecule has 0 heterocycles. The van der Waals surface area contributed by atoms with Crippen LogP contribution in [0, 0.1) is 13.8 Å². The second kappa shape index (κ2) is 11.1. The van der Waals surface area contributed by atoms with E-state index in [2.05, 4.69) is 10.6 Å². The van der Waals surface area contributed by atoms with Crippen molar-refractivity contribution in [2.75, 3.05) is 11.9 Å². The Hall–Kier alpha value is -3.60. The molecule has 5 heteroatoms. The highest BCUT2D eigenvalue weighted by molar-refractivity contribution is 6.04. The second-order valence-electron chi connectivity index (χ2n) is 7.74. The number of anilines is 1. The molecule has 0 aliphatic heterocycles. The van der Waals surface area contributed by atoms with Crippen LogP contribution in [0.4, 0.5) is 5.69 Å². The number of hydrogen-bond donors (Lipinski definition) is 2. The number of hydrogen-bond acceptors (Lipinski definition) is 3. The maximum absolute atomic E-state index is 13.0. The van der Waals surface area contributed by atoms with Crippen LogP contribution >= 0.6 is 0 Å². The molecule has 166 valence electrons. The third kappa shape index (κ3) is 5.97. The normalized spacial score (nSPS) is 11.5. The average Bonchev–Trinajstić information content (AvgIpc) is 2.81. The summed E-state index contributed by atoms with van der Waals surface area (Å²) in [7, 11) is 0. The molecule has 1 atom stereocenters. The molecule has 0 saturated heterocycles. The predicted octanol–water partition coefficient (Wildman–Crippen LogP) is 5.07. The standard InChI is InChI=1S/C27H30N2O3/c1-4-24(32-25-16-10-11-19(2)20(25)3)27(31)29-23-15-9-8-14-22(23)26(30)28-18-17-21-12-6-5-7-13-21/h5-16,24H,4,17-18H2,1-3H3,(H,28,30)(H,29,31). The first-order valence-electron chi connectivity index (χ1n) is 10.9. The summed E-state index contributed by atoms with van der Waals surface area (Å²) >= 11 is 0. The van der Waals surface area contributed by atoms with Crippen LogP contribution in [-0.4, -0.2) is 24.5 Å². The summed E-state index contributed by atoms with van der Waals surface area (Å²) in [5.74, 6) is 0.192. The van der Waals surface area contributed by atoms with E-state index in [1.807, 2.05) is 69.3 Å². The molecule has 2 amide bonds. The number of nitrogens with one attached hydrogen (secondary N) is 2. The number of amides is 2. The smallest absolute Gasteiger partial charge is 0.265 e. The van der Waals surface area contributed by atoms with E-state index in [0.717, 1.165) is 23.1 Å². The first-order chi connectivity index (χ1) is 15.5. The molecule has 0 bridgehead atoms. The van der Waals surface area contributed by atoms with Crippen molar-refractivity contribution in [2.45, 2.75) is 39.7 Å². The minimum Gasteiger partial charge on any atom is -0.480 e. The van der Waals surface area contributed by atoms with Crippen LogP contribution in [0.5, 0.6) is 5.75 Å². The van der Waals surface area contributed by atoms with Gasteiger partial charge in [-0.05, 0) is 61.6 Å². The summed E-state index contributed by atoms with van der Waals surface area (Å²) in [5.41, 5.74) is 4.17. The molecule has 0 aliphatic carbocycles. The molecule has 0 saturated carbocycles. The Morgan fingerprint density at radius 3 is 2.38 bits per heavy atom. The van der Waals surface area contributed by atoms with Gasteiger partial charge in [0.05, 0.1) is 11.3 Å². The first kappa shape index (κ1) is 23.1. The molecule has 2 N–H and O–H groups in total. The third-order valence-electron chi connectivity index (χ3n) is 5.46. The zero-order valence-corrected chi connectivity index (χ0v) is 18.9. The number of aryl methyl sites for hydroxylation is 1. The molecular formula is C27H30N2O3. The van der Waals surface area contributed by atoms with Gasteiger partial charge in [0.25, 0.3) is 11.8 Å². The van der Waals surface area contributed by atoms with Crippen molar-refractivity contribution in [3.8, 4) is 5.75 Å². The maximum atomic E-state index is 13.0. The topological polar surface area (TPSA) is 67.4 Å². The van der Waals surface area contributed by atoms with Gasteiger partial charge in [0.2, 0.25) is 0 Å². The van der Waals surface area contributed by atoms with Crippen molar-refractivity contribution >= 4 is 17.5 Å². The van der Waals surface area contributed by atoms with Crippen molar-refractivity contribution in [3.63, 3.8) is 0 Å². The lowest BCUT2D eigenvalue weighted by atomic mass is 10.1. The number of carbonyl (C=O) groups excluding carboxylic acids is 2. The van der Waals surface area contributed by atoms with Crippen LogP contribution < -0.4 is 15.4 Å². The fourth-order valence-corrected chi connectivity index (χ4v) is 3.39. The average molecular weight is 431 g/mol. The lowest BCUT2D eigenvalue weighted by Gasteiger charge is -2.20. The molecule has 3 aromatic carbocycles. The van der Waals surface area contributed by atoms with Gasteiger partial charge in [-0.2, -0.15) is 0 Å². The minimum atomic E-state index is -0.662. The van der Waals surface area contributed by atoms with Crippen molar-refractivity contribution in [3.05, 3.63) is 95.1 Å². The molecular weight excluding hydrogens is 400 g/mol. The summed E-state index contributed by atoms with van der Waals surface area (Å²) in [6, 6.07) is 22.8. The van der Waals surface area contributed by atoms with Crippen LogP contribution in [0.1, 0.15) is 40.4 Å². The van der Waals surface area contributed by atoms with Crippen LogP contribution in [0.2, 0.25) is 0 Å². The fourth-order valence-electron chi connectivity index (χ4n) is 3.39. The van der Waals surface area contributed by atoms with Gasteiger partial charge in [0, 0.05) is 6.54 Å². The highest BCUT2D eigenvalue weighted by atomic mass is 16.5. The van der Waals surface area contributed by atoms with E-state index in [-0.39, 0.29) is 11.8 Å². The van der Waals surface area contributed by atoms with E-state index in [0.29, 0.717) is 30.0 Å². The summed E-state index contributed by atoms with van der Waals surface area (Å²) in [6.07, 6.45) is 0.581. The SMILES string of the molecule is CCC(Oc1cccc(C)c1C)C(=O)Nc1ccccc1C(=O)NCCc1ccccc1. The molecule has 0 spiro atoms. The summed E-state index contributed by atoms with van der Waals surface area (Å²) in [5, 5.41) is 5.82. The first-order valence-corrected chi connectivity index (χ1v) is 10.9. The molecule has 0 radical (unpaired) electrons. The second-order valence-corrected chi connectivity index (χ2v) is 7.74. The van der Waals surface area contributed by atoms with E-state index in [1.165, 1.54) is 0 Å². The Balaban J connectivity index is 1.65. The summed E-state index contributed by atoms with van der Waals surface area (Å²) < 4.78 is 6.01. The molecule has 32 heavy (non-hydrogen) atoms. The molecule has 0 aliphatic rings. The molecule has 5 nitrogen and oxygen atoms in total. The predicted molar refractivity (Wildman–Crippen MR) is 128 cm³/mol. The number of ether oxygens (including phenoxy) is 1. The Bertz CT molecular complexity index is 1060.